The van der Waals surface area contributed by atoms with Crippen molar-refractivity contribution in [2.75, 3.05) is 16.6 Å². The highest BCUT2D eigenvalue weighted by Gasteiger charge is 2.36. The van der Waals surface area contributed by atoms with Gasteiger partial charge in [0.25, 0.3) is 5.91 Å². The van der Waals surface area contributed by atoms with E-state index in [-0.39, 0.29) is 28.8 Å². The maximum atomic E-state index is 12.9. The predicted molar refractivity (Wildman–Crippen MR) is 102 cm³/mol. The zero-order valence-electron chi connectivity index (χ0n) is 14.4. The third-order valence-corrected chi connectivity index (χ3v) is 6.92. The van der Waals surface area contributed by atoms with Crippen molar-refractivity contribution in [1.29, 1.82) is 0 Å². The van der Waals surface area contributed by atoms with Crippen molar-refractivity contribution in [2.45, 2.75) is 19.4 Å². The molecular formula is C19H17ClN2O4S. The number of amides is 2. The summed E-state index contributed by atoms with van der Waals surface area (Å²) in [6.45, 7) is 1.10. The molecule has 2 heterocycles. The molecule has 0 aromatic heterocycles. The van der Waals surface area contributed by atoms with Crippen LogP contribution in [0.1, 0.15) is 27.9 Å². The Kier molecular flexibility index (Phi) is 4.44. The van der Waals surface area contributed by atoms with Crippen molar-refractivity contribution in [3.63, 3.8) is 0 Å². The molecule has 140 valence electrons. The van der Waals surface area contributed by atoms with Gasteiger partial charge in [0.15, 0.2) is 0 Å². The Labute approximate surface area is 162 Å². The van der Waals surface area contributed by atoms with Crippen molar-refractivity contribution in [3.05, 3.63) is 64.2 Å². The first kappa shape index (κ1) is 18.0. The molecule has 0 aliphatic carbocycles. The Hall–Kier alpha value is -2.38. The number of fused-ring (bicyclic) bond motifs is 1. The van der Waals surface area contributed by atoms with Crippen molar-refractivity contribution in [2.24, 2.45) is 0 Å². The molecule has 2 aromatic rings. The number of rotatable bonds is 2. The van der Waals surface area contributed by atoms with Crippen molar-refractivity contribution < 1.29 is 18.0 Å². The molecule has 0 unspecified atom stereocenters. The zero-order valence-corrected chi connectivity index (χ0v) is 16.0. The molecule has 0 radical (unpaired) electrons. The van der Waals surface area contributed by atoms with Crippen LogP contribution in [0.25, 0.3) is 0 Å². The van der Waals surface area contributed by atoms with Crippen LogP contribution in [-0.2, 0) is 27.8 Å². The predicted octanol–water partition coefficient (Wildman–Crippen LogP) is 2.61. The number of hydrogen-bond donors (Lipinski definition) is 0. The van der Waals surface area contributed by atoms with Gasteiger partial charge in [-0.05, 0) is 35.7 Å². The van der Waals surface area contributed by atoms with Gasteiger partial charge in [0.2, 0.25) is 15.9 Å². The minimum atomic E-state index is -3.66. The van der Waals surface area contributed by atoms with E-state index in [0.29, 0.717) is 18.7 Å². The van der Waals surface area contributed by atoms with E-state index in [1.165, 1.54) is 23.8 Å². The second-order valence-corrected chi connectivity index (χ2v) is 8.98. The molecule has 0 spiro atoms. The maximum absolute atomic E-state index is 12.9. The molecule has 27 heavy (non-hydrogen) atoms. The summed E-state index contributed by atoms with van der Waals surface area (Å²) in [7, 11) is -3.66. The van der Waals surface area contributed by atoms with E-state index < -0.39 is 15.9 Å². The number of hydrogen-bond acceptors (Lipinski definition) is 4. The molecule has 0 saturated carbocycles. The number of sulfonamides is 1. The van der Waals surface area contributed by atoms with Gasteiger partial charge in [0, 0.05) is 19.5 Å². The number of carbonyl (C=O) groups excluding carboxylic acids is 2. The lowest BCUT2D eigenvalue weighted by Crippen LogP contribution is -2.36. The lowest BCUT2D eigenvalue weighted by molar-refractivity contribution is -0.116. The van der Waals surface area contributed by atoms with E-state index in [4.69, 9.17) is 11.6 Å². The van der Waals surface area contributed by atoms with Crippen LogP contribution in [0.15, 0.2) is 42.5 Å². The van der Waals surface area contributed by atoms with Crippen LogP contribution in [0, 0.1) is 0 Å². The largest absolute Gasteiger partial charge is 0.334 e. The summed E-state index contributed by atoms with van der Waals surface area (Å²) in [6, 6.07) is 12.3. The van der Waals surface area contributed by atoms with Gasteiger partial charge in [0.1, 0.15) is 0 Å². The molecule has 0 bridgehead atoms. The molecule has 2 aromatic carbocycles. The van der Waals surface area contributed by atoms with E-state index in [1.807, 2.05) is 18.2 Å². The van der Waals surface area contributed by atoms with E-state index in [0.717, 1.165) is 16.3 Å². The summed E-state index contributed by atoms with van der Waals surface area (Å²) < 4.78 is 24.9. The van der Waals surface area contributed by atoms with Gasteiger partial charge in [-0.25, -0.2) is 12.7 Å². The van der Waals surface area contributed by atoms with Crippen molar-refractivity contribution in [1.82, 2.24) is 4.90 Å². The summed E-state index contributed by atoms with van der Waals surface area (Å²) in [5.41, 5.74) is 2.81. The molecular weight excluding hydrogens is 388 g/mol. The summed E-state index contributed by atoms with van der Waals surface area (Å²) >= 11 is 6.28. The van der Waals surface area contributed by atoms with Crippen molar-refractivity contribution in [3.8, 4) is 0 Å². The summed E-state index contributed by atoms with van der Waals surface area (Å²) in [5.74, 6) is -0.911. The second-order valence-electron chi connectivity index (χ2n) is 6.63. The Morgan fingerprint density at radius 3 is 2.44 bits per heavy atom. The van der Waals surface area contributed by atoms with Crippen LogP contribution in [-0.4, -0.2) is 37.4 Å². The number of nitrogens with zero attached hydrogens (tertiary/aromatic N) is 2. The molecule has 1 fully saturated rings. The minimum Gasteiger partial charge on any atom is -0.334 e. The van der Waals surface area contributed by atoms with Crippen molar-refractivity contribution >= 4 is 39.1 Å². The fraction of sp³-hybridized carbons (Fsp3) is 0.263. The van der Waals surface area contributed by atoms with Crippen LogP contribution in [0.5, 0.6) is 0 Å². The number of anilines is 1. The highest BCUT2D eigenvalue weighted by Crippen LogP contribution is 2.30. The SMILES string of the molecule is O=C(c1ccc(N2C(=O)CCS2(=O)=O)cc1Cl)N1CCc2ccccc2C1. The Morgan fingerprint density at radius 2 is 1.78 bits per heavy atom. The Bertz CT molecular complexity index is 1050. The fourth-order valence-corrected chi connectivity index (χ4v) is 5.22. The first-order chi connectivity index (χ1) is 12.9. The van der Waals surface area contributed by atoms with E-state index in [9.17, 15) is 18.0 Å². The normalized spacial score (nSPS) is 18.5. The fourth-order valence-electron chi connectivity index (χ4n) is 3.51. The summed E-state index contributed by atoms with van der Waals surface area (Å²) in [4.78, 5) is 26.5. The lowest BCUT2D eigenvalue weighted by atomic mass is 9.99. The summed E-state index contributed by atoms with van der Waals surface area (Å²) in [5, 5.41) is 0.131. The van der Waals surface area contributed by atoms with Gasteiger partial charge in [-0.3, -0.25) is 9.59 Å². The molecule has 8 heteroatoms. The molecule has 1 saturated heterocycles. The highest BCUT2D eigenvalue weighted by molar-refractivity contribution is 7.94. The minimum absolute atomic E-state index is 0.0478. The van der Waals surface area contributed by atoms with Gasteiger partial charge >= 0.3 is 0 Å². The number of halogens is 1. The number of benzene rings is 2. The van der Waals surface area contributed by atoms with Gasteiger partial charge in [0.05, 0.1) is 22.0 Å². The van der Waals surface area contributed by atoms with Crippen LogP contribution in [0.4, 0.5) is 5.69 Å². The molecule has 0 N–H and O–H groups in total. The highest BCUT2D eigenvalue weighted by atomic mass is 35.5. The van der Waals surface area contributed by atoms with E-state index in [1.54, 1.807) is 4.90 Å². The molecule has 2 amide bonds. The monoisotopic (exact) mass is 404 g/mol. The van der Waals surface area contributed by atoms with Gasteiger partial charge in [-0.2, -0.15) is 0 Å². The van der Waals surface area contributed by atoms with E-state index >= 15 is 0 Å². The van der Waals surface area contributed by atoms with Gasteiger partial charge in [-0.15, -0.1) is 0 Å². The third kappa shape index (κ3) is 3.21. The van der Waals surface area contributed by atoms with Gasteiger partial charge in [-0.1, -0.05) is 35.9 Å². The second kappa shape index (κ2) is 6.65. The standard InChI is InChI=1S/C19H17ClN2O4S/c20-17-11-15(22-18(23)8-10-27(22,25)26)5-6-16(17)19(24)21-9-7-13-3-1-2-4-14(13)12-21/h1-6,11H,7-10,12H2. The van der Waals surface area contributed by atoms with Crippen LogP contribution in [0.3, 0.4) is 0 Å². The Balaban J connectivity index is 1.60. The van der Waals surface area contributed by atoms with Crippen LogP contribution >= 0.6 is 11.6 Å². The van der Waals surface area contributed by atoms with E-state index in [2.05, 4.69) is 6.07 Å². The first-order valence-corrected chi connectivity index (χ1v) is 10.6. The molecule has 2 aliphatic heterocycles. The van der Waals surface area contributed by atoms with Gasteiger partial charge < -0.3 is 4.90 Å². The average Bonchev–Trinajstić information content (AvgIpc) is 2.93. The zero-order chi connectivity index (χ0) is 19.2. The lowest BCUT2D eigenvalue weighted by Gasteiger charge is -2.29. The smallest absolute Gasteiger partial charge is 0.255 e. The summed E-state index contributed by atoms with van der Waals surface area (Å²) in [6.07, 6.45) is 0.728. The number of carbonyl (C=O) groups is 2. The molecule has 2 aliphatic rings. The quantitative estimate of drug-likeness (QED) is 0.771. The topological polar surface area (TPSA) is 74.8 Å². The third-order valence-electron chi connectivity index (χ3n) is 4.91. The van der Waals surface area contributed by atoms with Crippen LogP contribution in [0.2, 0.25) is 5.02 Å². The first-order valence-electron chi connectivity index (χ1n) is 8.58. The molecule has 0 atom stereocenters. The molecule has 6 nitrogen and oxygen atoms in total. The average molecular weight is 405 g/mol. The molecule has 4 rings (SSSR count). The maximum Gasteiger partial charge on any atom is 0.255 e. The van der Waals surface area contributed by atoms with Crippen LogP contribution < -0.4 is 4.31 Å². The Morgan fingerprint density at radius 1 is 1.04 bits per heavy atom.